The molecule has 0 aliphatic rings. The first-order valence-corrected chi connectivity index (χ1v) is 9.45. The quantitative estimate of drug-likeness (QED) is 0.617. The first-order valence-electron chi connectivity index (χ1n) is 9.45. The average molecular weight is 406 g/mol. The van der Waals surface area contributed by atoms with Gasteiger partial charge in [-0.1, -0.05) is 13.3 Å². The molecular formula is C19H30N6O4. The molecule has 0 radical (unpaired) electrons. The number of unbranched alkanes of at least 4 members (excludes halogenated alkanes) is 1. The zero-order valence-corrected chi connectivity index (χ0v) is 17.7. The van der Waals surface area contributed by atoms with Crippen LogP contribution in [0.1, 0.15) is 50.4 Å². The van der Waals surface area contributed by atoms with E-state index in [1.807, 2.05) is 27.0 Å². The van der Waals surface area contributed by atoms with Crippen molar-refractivity contribution in [2.45, 2.75) is 52.9 Å². The number of aromatic nitrogens is 4. The number of aryl methyl sites for hydroxylation is 4. The summed E-state index contributed by atoms with van der Waals surface area (Å²) in [6, 6.07) is 3.59. The highest BCUT2D eigenvalue weighted by atomic mass is 16.4. The van der Waals surface area contributed by atoms with Gasteiger partial charge < -0.3 is 15.7 Å². The molecule has 0 saturated heterocycles. The Morgan fingerprint density at radius 3 is 1.69 bits per heavy atom. The molecule has 0 spiro atoms. The van der Waals surface area contributed by atoms with Crippen LogP contribution in [-0.2, 0) is 28.5 Å². The lowest BCUT2D eigenvalue weighted by Gasteiger charge is -1.99. The van der Waals surface area contributed by atoms with Crippen LogP contribution in [0.5, 0.6) is 0 Å². The number of carbonyl (C=O) groups excluding carboxylic acids is 2. The van der Waals surface area contributed by atoms with Crippen LogP contribution in [-0.4, -0.2) is 42.5 Å². The van der Waals surface area contributed by atoms with Gasteiger partial charge in [0.15, 0.2) is 11.6 Å². The smallest absolute Gasteiger partial charge is 0.303 e. The van der Waals surface area contributed by atoms with Crippen molar-refractivity contribution in [2.24, 2.45) is 14.1 Å². The van der Waals surface area contributed by atoms with E-state index in [-0.39, 0.29) is 24.7 Å². The summed E-state index contributed by atoms with van der Waals surface area (Å²) >= 11 is 0. The largest absolute Gasteiger partial charge is 0.481 e. The monoisotopic (exact) mass is 406 g/mol. The fourth-order valence-corrected chi connectivity index (χ4v) is 2.21. The molecule has 0 fully saturated rings. The Labute approximate surface area is 170 Å². The summed E-state index contributed by atoms with van der Waals surface area (Å²) in [6.07, 6.45) is 2.33. The second-order valence-corrected chi connectivity index (χ2v) is 6.68. The Kier molecular flexibility index (Phi) is 9.57. The van der Waals surface area contributed by atoms with Crippen LogP contribution >= 0.6 is 0 Å². The Hall–Kier alpha value is -3.17. The van der Waals surface area contributed by atoms with Crippen molar-refractivity contribution in [2.75, 3.05) is 10.6 Å². The van der Waals surface area contributed by atoms with Crippen LogP contribution < -0.4 is 10.6 Å². The van der Waals surface area contributed by atoms with E-state index in [0.29, 0.717) is 18.1 Å². The van der Waals surface area contributed by atoms with Crippen molar-refractivity contribution in [1.82, 2.24) is 19.6 Å². The molecule has 10 nitrogen and oxygen atoms in total. The Bertz CT molecular complexity index is 801. The summed E-state index contributed by atoms with van der Waals surface area (Å²) in [6.45, 7) is 5.88. The number of anilines is 2. The van der Waals surface area contributed by atoms with E-state index < -0.39 is 5.97 Å². The van der Waals surface area contributed by atoms with Gasteiger partial charge in [0.25, 0.3) is 0 Å². The average Bonchev–Trinajstić information content (AvgIpc) is 3.12. The summed E-state index contributed by atoms with van der Waals surface area (Å²) in [4.78, 5) is 32.8. The molecule has 0 aliphatic carbocycles. The number of aliphatic carboxylic acids is 1. The number of hydrogen-bond acceptors (Lipinski definition) is 5. The van der Waals surface area contributed by atoms with E-state index >= 15 is 0 Å². The number of nitrogens with one attached hydrogen (secondary N) is 2. The molecule has 3 N–H and O–H groups in total. The summed E-state index contributed by atoms with van der Waals surface area (Å²) in [5.74, 6) is -0.181. The molecule has 0 unspecified atom stereocenters. The second-order valence-electron chi connectivity index (χ2n) is 6.68. The molecule has 10 heteroatoms. The summed E-state index contributed by atoms with van der Waals surface area (Å²) in [5, 5.41) is 21.8. The van der Waals surface area contributed by atoms with Crippen molar-refractivity contribution in [3.63, 3.8) is 0 Å². The summed E-state index contributed by atoms with van der Waals surface area (Å²) in [5.41, 5.74) is 1.96. The fraction of sp³-hybridized carbons (Fsp3) is 0.526. The lowest BCUT2D eigenvalue weighted by molar-refractivity contribution is -0.138. The third-order valence-corrected chi connectivity index (χ3v) is 4.09. The van der Waals surface area contributed by atoms with Crippen molar-refractivity contribution in [3.05, 3.63) is 23.5 Å². The molecule has 2 heterocycles. The molecule has 0 saturated carbocycles. The number of carboxylic acids is 1. The normalized spacial score (nSPS) is 10.1. The van der Waals surface area contributed by atoms with Crippen LogP contribution in [0.15, 0.2) is 12.1 Å². The first kappa shape index (κ1) is 23.9. The van der Waals surface area contributed by atoms with Gasteiger partial charge in [-0.2, -0.15) is 10.2 Å². The highest BCUT2D eigenvalue weighted by molar-refractivity contribution is 5.91. The highest BCUT2D eigenvalue weighted by Crippen LogP contribution is 2.08. The minimum Gasteiger partial charge on any atom is -0.481 e. The molecule has 0 aromatic carbocycles. The molecule has 160 valence electrons. The number of carboxylic acid groups (broad SMARTS) is 1. The van der Waals surface area contributed by atoms with E-state index in [2.05, 4.69) is 27.8 Å². The highest BCUT2D eigenvalue weighted by Gasteiger charge is 2.08. The molecule has 0 atom stereocenters. The minimum absolute atomic E-state index is 0.0368. The van der Waals surface area contributed by atoms with Crippen LogP contribution in [0.4, 0.5) is 11.6 Å². The Morgan fingerprint density at radius 2 is 1.34 bits per heavy atom. The Morgan fingerprint density at radius 1 is 0.897 bits per heavy atom. The van der Waals surface area contributed by atoms with Crippen LogP contribution in [0.2, 0.25) is 0 Å². The molecule has 2 amide bonds. The molecule has 2 aromatic rings. The lowest BCUT2D eigenvalue weighted by Crippen LogP contribution is -2.13. The maximum Gasteiger partial charge on any atom is 0.303 e. The number of hydrogen-bond donors (Lipinski definition) is 3. The maximum absolute atomic E-state index is 11.3. The van der Waals surface area contributed by atoms with Gasteiger partial charge in [0.05, 0.1) is 6.42 Å². The van der Waals surface area contributed by atoms with E-state index in [9.17, 15) is 14.4 Å². The molecule has 0 bridgehead atoms. The van der Waals surface area contributed by atoms with Gasteiger partial charge in [0, 0.05) is 50.5 Å². The van der Waals surface area contributed by atoms with Gasteiger partial charge in [-0.15, -0.1) is 0 Å². The lowest BCUT2D eigenvalue weighted by atomic mass is 10.2. The summed E-state index contributed by atoms with van der Waals surface area (Å²) in [7, 11) is 3.62. The first-order chi connectivity index (χ1) is 13.6. The number of carbonyl (C=O) groups is 3. The molecule has 2 rings (SSSR count). The van der Waals surface area contributed by atoms with E-state index in [4.69, 9.17) is 5.11 Å². The van der Waals surface area contributed by atoms with Gasteiger partial charge in [-0.25, -0.2) is 0 Å². The predicted molar refractivity (Wildman–Crippen MR) is 110 cm³/mol. The van der Waals surface area contributed by atoms with Crippen molar-refractivity contribution >= 4 is 29.4 Å². The molecule has 29 heavy (non-hydrogen) atoms. The van der Waals surface area contributed by atoms with Crippen molar-refractivity contribution in [1.29, 1.82) is 0 Å². The van der Waals surface area contributed by atoms with Gasteiger partial charge in [0.1, 0.15) is 0 Å². The van der Waals surface area contributed by atoms with Crippen molar-refractivity contribution < 1.29 is 19.5 Å². The number of amides is 2. The van der Waals surface area contributed by atoms with Gasteiger partial charge >= 0.3 is 5.97 Å². The van der Waals surface area contributed by atoms with Gasteiger partial charge in [-0.3, -0.25) is 23.7 Å². The molecule has 2 aromatic heterocycles. The van der Waals surface area contributed by atoms with E-state index in [1.165, 1.54) is 0 Å². The maximum atomic E-state index is 11.3. The van der Waals surface area contributed by atoms with Crippen molar-refractivity contribution in [3.8, 4) is 0 Å². The van der Waals surface area contributed by atoms with Gasteiger partial charge in [0.2, 0.25) is 11.8 Å². The number of nitrogens with zero attached hydrogens (tertiary/aromatic N) is 4. The SMILES string of the molecule is CCCCC(=O)Nc1cc(C)n(C)n1.Cc1cc(NC(=O)CCC(=O)O)nn1C. The summed E-state index contributed by atoms with van der Waals surface area (Å²) < 4.78 is 3.38. The molecular weight excluding hydrogens is 376 g/mol. The Balaban J connectivity index is 0.000000291. The van der Waals surface area contributed by atoms with Crippen LogP contribution in [0, 0.1) is 13.8 Å². The topological polar surface area (TPSA) is 131 Å². The zero-order chi connectivity index (χ0) is 22.0. The van der Waals surface area contributed by atoms with Crippen LogP contribution in [0.3, 0.4) is 0 Å². The van der Waals surface area contributed by atoms with E-state index in [1.54, 1.807) is 22.5 Å². The predicted octanol–water partition coefficient (Wildman–Crippen LogP) is 2.39. The fourth-order valence-electron chi connectivity index (χ4n) is 2.21. The number of rotatable bonds is 8. The zero-order valence-electron chi connectivity index (χ0n) is 17.7. The van der Waals surface area contributed by atoms with E-state index in [0.717, 1.165) is 24.2 Å². The van der Waals surface area contributed by atoms with Crippen LogP contribution in [0.25, 0.3) is 0 Å². The standard InChI is InChI=1S/C10H17N3O.C9H13N3O3/c1-4-5-6-10(14)11-9-7-8(2)13(3)12-9;1-6-5-7(11-12(6)2)10-8(13)3-4-9(14)15/h7H,4-6H2,1-3H3,(H,11,12,14);5H,3-4H2,1-2H3,(H,14,15)(H,10,11,13). The minimum atomic E-state index is -0.984. The third-order valence-electron chi connectivity index (χ3n) is 4.09. The second kappa shape index (κ2) is 11.6. The van der Waals surface area contributed by atoms with Gasteiger partial charge in [-0.05, 0) is 20.3 Å². The third kappa shape index (κ3) is 9.04. The molecule has 0 aliphatic heterocycles.